The van der Waals surface area contributed by atoms with Gasteiger partial charge in [-0.2, -0.15) is 0 Å². The number of benzene rings is 1. The highest BCUT2D eigenvalue weighted by molar-refractivity contribution is 7.80. The predicted molar refractivity (Wildman–Crippen MR) is 79.1 cm³/mol. The average Bonchev–Trinajstić information content (AvgIpc) is 2.31. The molecule has 0 spiro atoms. The molecule has 1 aromatic rings. The lowest BCUT2D eigenvalue weighted by Crippen LogP contribution is -2.54. The van der Waals surface area contributed by atoms with Gasteiger partial charge in [-0.25, -0.2) is 0 Å². The molecule has 1 unspecified atom stereocenters. The number of halogens is 1. The van der Waals surface area contributed by atoms with E-state index in [4.69, 9.17) is 29.6 Å². The Labute approximate surface area is 118 Å². The minimum atomic E-state index is -0.679. The van der Waals surface area contributed by atoms with Crippen LogP contribution in [0, 0.1) is 6.92 Å². The molecule has 1 aromatic carbocycles. The molecule has 0 saturated carbocycles. The van der Waals surface area contributed by atoms with Gasteiger partial charge in [0.2, 0.25) is 0 Å². The van der Waals surface area contributed by atoms with E-state index in [0.717, 1.165) is 5.56 Å². The van der Waals surface area contributed by atoms with Crippen LogP contribution in [0.1, 0.15) is 36.2 Å². The van der Waals surface area contributed by atoms with E-state index in [-0.39, 0.29) is 10.9 Å². The number of thiocarbonyl (C=S) groups is 1. The summed E-state index contributed by atoms with van der Waals surface area (Å²) in [6.45, 7) is 5.59. The molecule has 98 valence electrons. The Morgan fingerprint density at radius 2 is 2.17 bits per heavy atom. The zero-order valence-corrected chi connectivity index (χ0v) is 12.3. The van der Waals surface area contributed by atoms with E-state index in [1.54, 1.807) is 18.2 Å². The summed E-state index contributed by atoms with van der Waals surface area (Å²) in [4.78, 5) is 12.5. The summed E-state index contributed by atoms with van der Waals surface area (Å²) in [6, 6.07) is 5.20. The van der Waals surface area contributed by atoms with Crippen molar-refractivity contribution in [2.45, 2.75) is 32.7 Å². The minimum Gasteiger partial charge on any atom is -0.391 e. The third kappa shape index (κ3) is 3.21. The lowest BCUT2D eigenvalue weighted by molar-refractivity contribution is 0.0926. The van der Waals surface area contributed by atoms with Crippen LogP contribution in [0.2, 0.25) is 5.02 Å². The van der Waals surface area contributed by atoms with Gasteiger partial charge in [0.1, 0.15) is 0 Å². The first-order valence-corrected chi connectivity index (χ1v) is 6.47. The molecule has 3 N–H and O–H groups in total. The first kappa shape index (κ1) is 14.9. The van der Waals surface area contributed by atoms with Crippen molar-refractivity contribution in [2.75, 3.05) is 0 Å². The smallest absolute Gasteiger partial charge is 0.252 e. The van der Waals surface area contributed by atoms with Gasteiger partial charge in [-0.1, -0.05) is 36.8 Å². The number of hydrogen-bond acceptors (Lipinski definition) is 2. The molecule has 18 heavy (non-hydrogen) atoms. The van der Waals surface area contributed by atoms with Crippen LogP contribution < -0.4 is 11.1 Å². The second kappa shape index (κ2) is 5.67. The van der Waals surface area contributed by atoms with Gasteiger partial charge in [-0.05, 0) is 38.0 Å². The third-order valence-electron chi connectivity index (χ3n) is 3.08. The zero-order valence-electron chi connectivity index (χ0n) is 10.7. The number of carbonyl (C=O) groups excluding carboxylic acids is 1. The predicted octanol–water partition coefficient (Wildman–Crippen LogP) is 2.83. The van der Waals surface area contributed by atoms with Crippen molar-refractivity contribution in [3.8, 4) is 0 Å². The van der Waals surface area contributed by atoms with E-state index in [0.29, 0.717) is 17.0 Å². The van der Waals surface area contributed by atoms with Crippen LogP contribution in [-0.4, -0.2) is 16.4 Å². The largest absolute Gasteiger partial charge is 0.391 e. The van der Waals surface area contributed by atoms with E-state index >= 15 is 0 Å². The Kier molecular flexibility index (Phi) is 4.71. The third-order valence-corrected chi connectivity index (χ3v) is 3.77. The van der Waals surface area contributed by atoms with Crippen molar-refractivity contribution in [2.24, 2.45) is 5.73 Å². The maximum absolute atomic E-state index is 12.2. The summed E-state index contributed by atoms with van der Waals surface area (Å²) >= 11 is 10.9. The van der Waals surface area contributed by atoms with Crippen molar-refractivity contribution in [1.29, 1.82) is 0 Å². The lowest BCUT2D eigenvalue weighted by Gasteiger charge is -2.28. The molecule has 0 radical (unpaired) electrons. The van der Waals surface area contributed by atoms with E-state index in [1.807, 2.05) is 20.8 Å². The summed E-state index contributed by atoms with van der Waals surface area (Å²) in [7, 11) is 0. The molecular formula is C13H17ClN2OS. The highest BCUT2D eigenvalue weighted by atomic mass is 35.5. The van der Waals surface area contributed by atoms with Crippen molar-refractivity contribution < 1.29 is 4.79 Å². The van der Waals surface area contributed by atoms with Crippen LogP contribution in [-0.2, 0) is 0 Å². The Balaban J connectivity index is 3.02. The number of amides is 1. The van der Waals surface area contributed by atoms with Gasteiger partial charge >= 0.3 is 0 Å². The van der Waals surface area contributed by atoms with E-state index in [2.05, 4.69) is 5.32 Å². The normalized spacial score (nSPS) is 13.8. The summed E-state index contributed by atoms with van der Waals surface area (Å²) < 4.78 is 0. The second-order valence-corrected chi connectivity index (χ2v) is 5.34. The summed E-state index contributed by atoms with van der Waals surface area (Å²) in [5, 5.41) is 3.39. The summed E-state index contributed by atoms with van der Waals surface area (Å²) in [6.07, 6.45) is 0.633. The monoisotopic (exact) mass is 284 g/mol. The van der Waals surface area contributed by atoms with Crippen molar-refractivity contribution >= 4 is 34.7 Å². The molecule has 0 heterocycles. The fraction of sp³-hybridized carbons (Fsp3) is 0.385. The number of hydrogen-bond donors (Lipinski definition) is 2. The summed E-state index contributed by atoms with van der Waals surface area (Å²) in [5.41, 5.74) is 6.39. The van der Waals surface area contributed by atoms with E-state index < -0.39 is 5.54 Å². The first-order valence-electron chi connectivity index (χ1n) is 5.68. The highest BCUT2D eigenvalue weighted by Crippen LogP contribution is 2.17. The second-order valence-electron chi connectivity index (χ2n) is 4.46. The number of nitrogens with two attached hydrogens (primary N) is 1. The number of carbonyl (C=O) groups is 1. The maximum atomic E-state index is 12.2. The van der Waals surface area contributed by atoms with Crippen LogP contribution in [0.15, 0.2) is 18.2 Å². The molecule has 0 aromatic heterocycles. The molecule has 1 atom stereocenters. The maximum Gasteiger partial charge on any atom is 0.252 e. The molecule has 0 aliphatic heterocycles. The van der Waals surface area contributed by atoms with Crippen LogP contribution in [0.3, 0.4) is 0 Å². The lowest BCUT2D eigenvalue weighted by atomic mass is 9.97. The standard InChI is InChI=1S/C13H17ClN2OS/c1-4-13(3,12(15)18)16-11(17)10-7-9(14)6-5-8(10)2/h5-7H,4H2,1-3H3,(H2,15,18)(H,16,17). The Morgan fingerprint density at radius 3 is 2.67 bits per heavy atom. The molecule has 3 nitrogen and oxygen atoms in total. The molecular weight excluding hydrogens is 268 g/mol. The summed E-state index contributed by atoms with van der Waals surface area (Å²) in [5.74, 6) is -0.216. The Morgan fingerprint density at radius 1 is 1.56 bits per heavy atom. The molecule has 5 heteroatoms. The molecule has 1 amide bonds. The van der Waals surface area contributed by atoms with Gasteiger partial charge < -0.3 is 11.1 Å². The van der Waals surface area contributed by atoms with Crippen LogP contribution in [0.5, 0.6) is 0 Å². The molecule has 0 fully saturated rings. The van der Waals surface area contributed by atoms with Gasteiger partial charge in [0.25, 0.3) is 5.91 Å². The van der Waals surface area contributed by atoms with Crippen LogP contribution in [0.4, 0.5) is 0 Å². The topological polar surface area (TPSA) is 55.1 Å². The van der Waals surface area contributed by atoms with E-state index in [9.17, 15) is 4.79 Å². The Bertz CT molecular complexity index is 490. The molecule has 1 rings (SSSR count). The van der Waals surface area contributed by atoms with Crippen LogP contribution in [0.25, 0.3) is 0 Å². The quantitative estimate of drug-likeness (QED) is 0.836. The van der Waals surface area contributed by atoms with Gasteiger partial charge in [-0.15, -0.1) is 0 Å². The van der Waals surface area contributed by atoms with E-state index in [1.165, 1.54) is 0 Å². The van der Waals surface area contributed by atoms with Gasteiger partial charge in [-0.3, -0.25) is 4.79 Å². The fourth-order valence-corrected chi connectivity index (χ4v) is 1.85. The Hall–Kier alpha value is -1.13. The van der Waals surface area contributed by atoms with Crippen molar-refractivity contribution in [1.82, 2.24) is 5.32 Å². The SMILES string of the molecule is CCC(C)(NC(=O)c1cc(Cl)ccc1C)C(N)=S. The molecule has 0 saturated heterocycles. The van der Waals surface area contributed by atoms with Crippen LogP contribution >= 0.6 is 23.8 Å². The average molecular weight is 285 g/mol. The van der Waals surface area contributed by atoms with Gasteiger partial charge in [0.15, 0.2) is 0 Å². The molecule has 0 aliphatic rings. The fourth-order valence-electron chi connectivity index (χ4n) is 1.48. The molecule has 0 aliphatic carbocycles. The highest BCUT2D eigenvalue weighted by Gasteiger charge is 2.28. The van der Waals surface area contributed by atoms with Crippen molar-refractivity contribution in [3.05, 3.63) is 34.3 Å². The van der Waals surface area contributed by atoms with Gasteiger partial charge in [0, 0.05) is 10.6 Å². The zero-order chi connectivity index (χ0) is 13.9. The number of rotatable bonds is 4. The number of nitrogens with one attached hydrogen (secondary N) is 1. The van der Waals surface area contributed by atoms with Crippen molar-refractivity contribution in [3.63, 3.8) is 0 Å². The van der Waals surface area contributed by atoms with Gasteiger partial charge in [0.05, 0.1) is 10.5 Å². The molecule has 0 bridgehead atoms. The minimum absolute atomic E-state index is 0.216. The first-order chi connectivity index (χ1) is 8.30. The number of aryl methyl sites for hydroxylation is 1.